The Morgan fingerprint density at radius 1 is 1.03 bits per heavy atom. The number of rotatable bonds is 7. The number of hydrogen-bond acceptors (Lipinski definition) is 5. The molecule has 0 atom stereocenters. The number of fused-ring (bicyclic) bond motifs is 1. The Kier molecular flexibility index (Phi) is 5.38. The molecule has 0 N–H and O–H groups in total. The van der Waals surface area contributed by atoms with Crippen LogP contribution in [-0.4, -0.2) is 17.9 Å². The van der Waals surface area contributed by atoms with Gasteiger partial charge in [-0.2, -0.15) is 0 Å². The van der Waals surface area contributed by atoms with Gasteiger partial charge in [0.1, 0.15) is 12.4 Å². The van der Waals surface area contributed by atoms with E-state index in [0.717, 1.165) is 16.6 Å². The number of methoxy groups -OCH3 is 1. The molecule has 4 aromatic rings. The van der Waals surface area contributed by atoms with E-state index < -0.39 is 0 Å². The van der Waals surface area contributed by atoms with Crippen LogP contribution < -0.4 is 9.47 Å². The number of para-hydroxylation sites is 2. The second-order valence-corrected chi connectivity index (χ2v) is 6.33. The Hall–Kier alpha value is -3.86. The molecule has 5 heteroatoms. The number of nitrogens with zero attached hydrogens (tertiary/aromatic N) is 1. The predicted octanol–water partition coefficient (Wildman–Crippen LogP) is 5.31. The summed E-state index contributed by atoms with van der Waals surface area (Å²) in [6.45, 7) is 0.350. The summed E-state index contributed by atoms with van der Waals surface area (Å²) in [4.78, 5) is 16.9. The normalized spacial score (nSPS) is 11.1. The first kappa shape index (κ1) is 18.5. The first-order valence-electron chi connectivity index (χ1n) is 9.15. The number of ketones is 1. The summed E-state index contributed by atoms with van der Waals surface area (Å²) in [5.41, 5.74) is 2.19. The number of benzene rings is 2. The molecule has 0 aliphatic carbocycles. The van der Waals surface area contributed by atoms with Gasteiger partial charge >= 0.3 is 0 Å². The predicted molar refractivity (Wildman–Crippen MR) is 111 cm³/mol. The number of hydrogen-bond donors (Lipinski definition) is 0. The molecule has 4 rings (SSSR count). The molecule has 0 bridgehead atoms. The third-order valence-electron chi connectivity index (χ3n) is 4.41. The minimum atomic E-state index is -0.234. The molecule has 0 spiro atoms. The van der Waals surface area contributed by atoms with Crippen LogP contribution in [0.3, 0.4) is 0 Å². The fourth-order valence-electron chi connectivity index (χ4n) is 2.95. The molecular weight excluding hydrogens is 366 g/mol. The first-order chi connectivity index (χ1) is 14.2. The molecule has 5 nitrogen and oxygen atoms in total. The molecule has 0 fully saturated rings. The number of furan rings is 1. The van der Waals surface area contributed by atoms with Gasteiger partial charge in [-0.15, -0.1) is 0 Å². The standard InChI is InChI=1S/C24H19NO4/c1-27-22-11-6-8-18-15-23(29-24(18)22)20(26)13-12-17-7-2-3-10-21(17)28-16-19-9-4-5-14-25-19/h2-15H,16H2,1H3. The monoisotopic (exact) mass is 385 g/mol. The lowest BCUT2D eigenvalue weighted by Crippen LogP contribution is -1.99. The van der Waals surface area contributed by atoms with Crippen LogP contribution in [0.5, 0.6) is 11.5 Å². The van der Waals surface area contributed by atoms with Crippen molar-refractivity contribution in [2.24, 2.45) is 0 Å². The number of carbonyl (C=O) groups is 1. The van der Waals surface area contributed by atoms with Gasteiger partial charge in [0.25, 0.3) is 0 Å². The zero-order valence-corrected chi connectivity index (χ0v) is 15.9. The lowest BCUT2D eigenvalue weighted by Gasteiger charge is -2.08. The number of allylic oxidation sites excluding steroid dienone is 1. The lowest BCUT2D eigenvalue weighted by molar-refractivity contribution is 0.102. The van der Waals surface area contributed by atoms with E-state index in [-0.39, 0.29) is 11.5 Å². The van der Waals surface area contributed by atoms with Crippen LogP contribution in [0.2, 0.25) is 0 Å². The Labute approximate surface area is 168 Å². The van der Waals surface area contributed by atoms with E-state index >= 15 is 0 Å². The maximum atomic E-state index is 12.6. The van der Waals surface area contributed by atoms with Crippen LogP contribution >= 0.6 is 0 Å². The molecule has 2 aromatic carbocycles. The van der Waals surface area contributed by atoms with Crippen molar-refractivity contribution in [3.05, 3.63) is 96.0 Å². The minimum absolute atomic E-state index is 0.234. The summed E-state index contributed by atoms with van der Waals surface area (Å²) >= 11 is 0. The fourth-order valence-corrected chi connectivity index (χ4v) is 2.95. The molecular formula is C24H19NO4. The van der Waals surface area contributed by atoms with Crippen molar-refractivity contribution < 1.29 is 18.7 Å². The molecule has 144 valence electrons. The fraction of sp³-hybridized carbons (Fsp3) is 0.0833. The number of carbonyl (C=O) groups excluding carboxylic acids is 1. The van der Waals surface area contributed by atoms with E-state index in [1.807, 2.05) is 54.6 Å². The van der Waals surface area contributed by atoms with Crippen molar-refractivity contribution >= 4 is 22.8 Å². The van der Waals surface area contributed by atoms with Gasteiger partial charge in [0.15, 0.2) is 17.1 Å². The Morgan fingerprint density at radius 2 is 1.86 bits per heavy atom. The van der Waals surface area contributed by atoms with Gasteiger partial charge < -0.3 is 13.9 Å². The van der Waals surface area contributed by atoms with Crippen LogP contribution in [0.15, 0.2) is 83.4 Å². The minimum Gasteiger partial charge on any atom is -0.493 e. The quantitative estimate of drug-likeness (QED) is 0.319. The van der Waals surface area contributed by atoms with Crippen molar-refractivity contribution in [2.45, 2.75) is 6.61 Å². The second kappa shape index (κ2) is 8.44. The maximum Gasteiger partial charge on any atom is 0.221 e. The maximum absolute atomic E-state index is 12.6. The number of ether oxygens (including phenoxy) is 2. The molecule has 0 aliphatic rings. The van der Waals surface area contributed by atoms with Crippen LogP contribution in [0.1, 0.15) is 21.8 Å². The van der Waals surface area contributed by atoms with E-state index in [2.05, 4.69) is 4.98 Å². The second-order valence-electron chi connectivity index (χ2n) is 6.33. The van der Waals surface area contributed by atoms with Crippen LogP contribution in [0, 0.1) is 0 Å². The van der Waals surface area contributed by atoms with Crippen LogP contribution in [-0.2, 0) is 6.61 Å². The third kappa shape index (κ3) is 4.19. The Bertz CT molecular complexity index is 1160. The van der Waals surface area contributed by atoms with Gasteiger partial charge in [-0.1, -0.05) is 36.4 Å². The summed E-state index contributed by atoms with van der Waals surface area (Å²) in [5, 5.41) is 0.820. The molecule has 0 unspecified atom stereocenters. The molecule has 0 amide bonds. The topological polar surface area (TPSA) is 61.6 Å². The van der Waals surface area contributed by atoms with Crippen molar-refractivity contribution in [1.29, 1.82) is 0 Å². The summed E-state index contributed by atoms with van der Waals surface area (Å²) in [6, 6.07) is 20.5. The molecule has 0 aliphatic heterocycles. The van der Waals surface area contributed by atoms with E-state index in [1.165, 1.54) is 6.08 Å². The smallest absolute Gasteiger partial charge is 0.221 e. The highest BCUT2D eigenvalue weighted by molar-refractivity contribution is 6.07. The molecule has 0 saturated carbocycles. The largest absolute Gasteiger partial charge is 0.493 e. The third-order valence-corrected chi connectivity index (χ3v) is 4.41. The lowest BCUT2D eigenvalue weighted by atomic mass is 10.1. The van der Waals surface area contributed by atoms with Crippen molar-refractivity contribution in [3.63, 3.8) is 0 Å². The summed E-state index contributed by atoms with van der Waals surface area (Å²) < 4.78 is 16.9. The molecule has 0 saturated heterocycles. The van der Waals surface area contributed by atoms with Crippen molar-refractivity contribution in [2.75, 3.05) is 7.11 Å². The highest BCUT2D eigenvalue weighted by Crippen LogP contribution is 2.29. The van der Waals surface area contributed by atoms with Crippen molar-refractivity contribution in [3.8, 4) is 11.5 Å². The Balaban J connectivity index is 1.52. The zero-order chi connectivity index (χ0) is 20.1. The number of pyridine rings is 1. The van der Waals surface area contributed by atoms with Crippen LogP contribution in [0.25, 0.3) is 17.0 Å². The van der Waals surface area contributed by atoms with E-state index in [0.29, 0.717) is 23.7 Å². The summed E-state index contributed by atoms with van der Waals surface area (Å²) in [6.07, 6.45) is 4.93. The molecule has 29 heavy (non-hydrogen) atoms. The molecule has 2 aromatic heterocycles. The van der Waals surface area contributed by atoms with Gasteiger partial charge in [0.2, 0.25) is 5.78 Å². The molecule has 0 radical (unpaired) electrons. The average Bonchev–Trinajstić information content (AvgIpc) is 3.22. The average molecular weight is 385 g/mol. The van der Waals surface area contributed by atoms with Gasteiger partial charge in [0.05, 0.1) is 12.8 Å². The summed E-state index contributed by atoms with van der Waals surface area (Å²) in [7, 11) is 1.57. The molecule has 2 heterocycles. The first-order valence-corrected chi connectivity index (χ1v) is 9.15. The highest BCUT2D eigenvalue weighted by Gasteiger charge is 2.13. The SMILES string of the molecule is COc1cccc2cc(C(=O)C=Cc3ccccc3OCc3ccccn3)oc12. The zero-order valence-electron chi connectivity index (χ0n) is 15.9. The van der Waals surface area contributed by atoms with E-state index in [4.69, 9.17) is 13.9 Å². The Morgan fingerprint density at radius 3 is 2.69 bits per heavy atom. The summed E-state index contributed by atoms with van der Waals surface area (Å²) in [5.74, 6) is 1.29. The van der Waals surface area contributed by atoms with Gasteiger partial charge in [-0.05, 0) is 42.5 Å². The van der Waals surface area contributed by atoms with E-state index in [1.54, 1.807) is 31.5 Å². The van der Waals surface area contributed by atoms with Crippen molar-refractivity contribution in [1.82, 2.24) is 4.98 Å². The van der Waals surface area contributed by atoms with Gasteiger partial charge in [-0.3, -0.25) is 9.78 Å². The van der Waals surface area contributed by atoms with Gasteiger partial charge in [-0.25, -0.2) is 0 Å². The highest BCUT2D eigenvalue weighted by atomic mass is 16.5. The van der Waals surface area contributed by atoms with E-state index in [9.17, 15) is 4.79 Å². The van der Waals surface area contributed by atoms with Gasteiger partial charge in [0, 0.05) is 17.1 Å². The van der Waals surface area contributed by atoms with Crippen LogP contribution in [0.4, 0.5) is 0 Å². The number of aromatic nitrogens is 1.